The molecule has 0 amide bonds. The molecule has 7 heteroatoms. The van der Waals surface area contributed by atoms with E-state index in [1.807, 2.05) is 0 Å². The Labute approximate surface area is 120 Å². The van der Waals surface area contributed by atoms with Crippen molar-refractivity contribution in [3.63, 3.8) is 0 Å². The second-order valence-corrected chi connectivity index (χ2v) is 6.79. The van der Waals surface area contributed by atoms with Gasteiger partial charge < -0.3 is 5.32 Å². The summed E-state index contributed by atoms with van der Waals surface area (Å²) in [6.45, 7) is 4.35. The van der Waals surface area contributed by atoms with Crippen LogP contribution in [0.5, 0.6) is 0 Å². The van der Waals surface area contributed by atoms with Crippen LogP contribution in [0.4, 0.5) is 0 Å². The minimum absolute atomic E-state index is 0.0684. The molecule has 0 bridgehead atoms. The van der Waals surface area contributed by atoms with E-state index < -0.39 is 10.0 Å². The number of rotatable bonds is 7. The van der Waals surface area contributed by atoms with Crippen LogP contribution in [0.3, 0.4) is 0 Å². The van der Waals surface area contributed by atoms with E-state index in [9.17, 15) is 8.42 Å². The third-order valence-corrected chi connectivity index (χ3v) is 5.44. The third-order valence-electron chi connectivity index (χ3n) is 3.32. The topological polar surface area (TPSA) is 78.1 Å². The first kappa shape index (κ1) is 15.0. The van der Waals surface area contributed by atoms with E-state index in [1.54, 1.807) is 13.8 Å². The second-order valence-electron chi connectivity index (χ2n) is 4.91. The lowest BCUT2D eigenvalue weighted by Gasteiger charge is -2.18. The Bertz CT molecular complexity index is 611. The SMILES string of the molecule is C#CCN(CC)S(=O)(=O)c1c(CNC2CC2)n[nH]c1C. The van der Waals surface area contributed by atoms with Crippen LogP contribution in [0, 0.1) is 19.3 Å². The normalized spacial score (nSPS) is 15.5. The summed E-state index contributed by atoms with van der Waals surface area (Å²) in [4.78, 5) is 0.253. The van der Waals surface area contributed by atoms with Gasteiger partial charge in [-0.05, 0) is 19.8 Å². The molecule has 110 valence electrons. The molecule has 0 aliphatic heterocycles. The molecule has 2 rings (SSSR count). The van der Waals surface area contributed by atoms with Crippen LogP contribution in [0.25, 0.3) is 0 Å². The largest absolute Gasteiger partial charge is 0.308 e. The molecule has 0 atom stereocenters. The quantitative estimate of drug-likeness (QED) is 0.723. The van der Waals surface area contributed by atoms with Gasteiger partial charge in [-0.2, -0.15) is 9.40 Å². The number of sulfonamides is 1. The van der Waals surface area contributed by atoms with Gasteiger partial charge in [0.25, 0.3) is 0 Å². The molecule has 1 aliphatic rings. The molecule has 0 saturated heterocycles. The molecule has 0 unspecified atom stereocenters. The average Bonchev–Trinajstić information content (AvgIpc) is 3.15. The van der Waals surface area contributed by atoms with Crippen molar-refractivity contribution in [1.82, 2.24) is 19.8 Å². The number of aryl methyl sites for hydroxylation is 1. The Morgan fingerprint density at radius 3 is 2.80 bits per heavy atom. The van der Waals surface area contributed by atoms with Gasteiger partial charge in [-0.15, -0.1) is 6.42 Å². The second kappa shape index (κ2) is 5.95. The average molecular weight is 296 g/mol. The number of terminal acetylenes is 1. The molecule has 1 aliphatic carbocycles. The first-order chi connectivity index (χ1) is 9.50. The predicted molar refractivity (Wildman–Crippen MR) is 76.5 cm³/mol. The van der Waals surface area contributed by atoms with E-state index in [0.717, 1.165) is 12.8 Å². The number of nitrogens with zero attached hydrogens (tertiary/aromatic N) is 2. The standard InChI is InChI=1S/C13H20N4O2S/c1-4-8-17(5-2)20(18,19)13-10(3)15-16-12(13)9-14-11-6-7-11/h1,11,14H,5-9H2,2-3H3,(H,15,16). The summed E-state index contributed by atoms with van der Waals surface area (Å²) in [7, 11) is -3.60. The Balaban J connectivity index is 2.29. The first-order valence-electron chi connectivity index (χ1n) is 6.71. The summed E-state index contributed by atoms with van der Waals surface area (Å²) < 4.78 is 26.6. The van der Waals surface area contributed by atoms with Crippen LogP contribution in [0.1, 0.15) is 31.2 Å². The number of hydrogen-bond donors (Lipinski definition) is 2. The van der Waals surface area contributed by atoms with E-state index in [4.69, 9.17) is 6.42 Å². The zero-order valence-corrected chi connectivity index (χ0v) is 12.6. The Morgan fingerprint density at radius 2 is 2.25 bits per heavy atom. The molecular formula is C13H20N4O2S. The third kappa shape index (κ3) is 3.03. The van der Waals surface area contributed by atoms with E-state index in [-0.39, 0.29) is 11.4 Å². The van der Waals surface area contributed by atoms with Crippen molar-refractivity contribution >= 4 is 10.0 Å². The van der Waals surface area contributed by atoms with Gasteiger partial charge >= 0.3 is 0 Å². The molecule has 0 radical (unpaired) electrons. The van der Waals surface area contributed by atoms with Crippen molar-refractivity contribution in [2.24, 2.45) is 0 Å². The highest BCUT2D eigenvalue weighted by molar-refractivity contribution is 7.89. The Kier molecular flexibility index (Phi) is 4.48. The summed E-state index contributed by atoms with van der Waals surface area (Å²) in [6, 6.07) is 0.496. The van der Waals surface area contributed by atoms with Crippen molar-refractivity contribution in [2.45, 2.75) is 44.2 Å². The lowest BCUT2D eigenvalue weighted by molar-refractivity contribution is 0.462. The molecule has 1 fully saturated rings. The van der Waals surface area contributed by atoms with Crippen molar-refractivity contribution < 1.29 is 8.42 Å². The number of H-pyrrole nitrogens is 1. The molecule has 20 heavy (non-hydrogen) atoms. The van der Waals surface area contributed by atoms with E-state index >= 15 is 0 Å². The maximum absolute atomic E-state index is 12.7. The maximum atomic E-state index is 12.7. The van der Waals surface area contributed by atoms with Gasteiger partial charge in [-0.3, -0.25) is 5.10 Å². The van der Waals surface area contributed by atoms with E-state index in [0.29, 0.717) is 30.5 Å². The summed E-state index contributed by atoms with van der Waals surface area (Å²) in [6.07, 6.45) is 7.53. The van der Waals surface area contributed by atoms with Crippen LogP contribution in [0.2, 0.25) is 0 Å². The highest BCUT2D eigenvalue weighted by Gasteiger charge is 2.30. The minimum atomic E-state index is -3.60. The van der Waals surface area contributed by atoms with Crippen LogP contribution < -0.4 is 5.32 Å². The zero-order valence-electron chi connectivity index (χ0n) is 11.8. The lowest BCUT2D eigenvalue weighted by Crippen LogP contribution is -2.32. The van der Waals surface area contributed by atoms with Gasteiger partial charge in [0.2, 0.25) is 10.0 Å². The zero-order chi connectivity index (χ0) is 14.8. The molecule has 1 heterocycles. The maximum Gasteiger partial charge on any atom is 0.247 e. The number of aromatic amines is 1. The van der Waals surface area contributed by atoms with Crippen LogP contribution in [-0.2, 0) is 16.6 Å². The van der Waals surface area contributed by atoms with Gasteiger partial charge in [-0.25, -0.2) is 8.42 Å². The number of aromatic nitrogens is 2. The fourth-order valence-electron chi connectivity index (χ4n) is 2.06. The van der Waals surface area contributed by atoms with Gasteiger partial charge in [0.1, 0.15) is 4.90 Å². The molecule has 1 aromatic rings. The Hall–Kier alpha value is -1.36. The predicted octanol–water partition coefficient (Wildman–Crippen LogP) is 0.614. The first-order valence-corrected chi connectivity index (χ1v) is 8.15. The van der Waals surface area contributed by atoms with Gasteiger partial charge in [0.05, 0.1) is 17.9 Å². The number of hydrogen-bond acceptors (Lipinski definition) is 4. The van der Waals surface area contributed by atoms with Gasteiger partial charge in [-0.1, -0.05) is 12.8 Å². The van der Waals surface area contributed by atoms with Gasteiger partial charge in [0, 0.05) is 19.1 Å². The number of nitrogens with one attached hydrogen (secondary N) is 2. The molecule has 0 spiro atoms. The van der Waals surface area contributed by atoms with E-state index in [1.165, 1.54) is 4.31 Å². The van der Waals surface area contributed by atoms with Crippen molar-refractivity contribution in [3.05, 3.63) is 11.4 Å². The van der Waals surface area contributed by atoms with Crippen molar-refractivity contribution in [1.29, 1.82) is 0 Å². The molecule has 0 aromatic carbocycles. The summed E-state index contributed by atoms with van der Waals surface area (Å²) in [5, 5.41) is 10.2. The van der Waals surface area contributed by atoms with Crippen molar-refractivity contribution in [3.8, 4) is 12.3 Å². The minimum Gasteiger partial charge on any atom is -0.308 e. The molecular weight excluding hydrogens is 276 g/mol. The monoisotopic (exact) mass is 296 g/mol. The lowest BCUT2D eigenvalue weighted by atomic mass is 10.3. The molecule has 1 saturated carbocycles. The Morgan fingerprint density at radius 1 is 1.55 bits per heavy atom. The van der Waals surface area contributed by atoms with Crippen molar-refractivity contribution in [2.75, 3.05) is 13.1 Å². The summed E-state index contributed by atoms with van der Waals surface area (Å²) >= 11 is 0. The fourth-order valence-corrected chi connectivity index (χ4v) is 3.75. The summed E-state index contributed by atoms with van der Waals surface area (Å²) in [5.74, 6) is 2.39. The molecule has 2 N–H and O–H groups in total. The van der Waals surface area contributed by atoms with Gasteiger partial charge in [0.15, 0.2) is 0 Å². The highest BCUT2D eigenvalue weighted by Crippen LogP contribution is 2.24. The van der Waals surface area contributed by atoms with E-state index in [2.05, 4.69) is 21.4 Å². The highest BCUT2D eigenvalue weighted by atomic mass is 32.2. The van der Waals surface area contributed by atoms with Crippen LogP contribution >= 0.6 is 0 Å². The molecule has 1 aromatic heterocycles. The van der Waals surface area contributed by atoms with Crippen LogP contribution in [0.15, 0.2) is 4.90 Å². The smallest absolute Gasteiger partial charge is 0.247 e. The molecule has 6 nitrogen and oxygen atoms in total. The van der Waals surface area contributed by atoms with Crippen LogP contribution in [-0.4, -0.2) is 42.1 Å². The fraction of sp³-hybridized carbons (Fsp3) is 0.615. The summed E-state index contributed by atoms with van der Waals surface area (Å²) in [5.41, 5.74) is 1.08.